The molecule has 0 fully saturated rings. The average Bonchev–Trinajstić information content (AvgIpc) is 3.42. The first-order valence-corrected chi connectivity index (χ1v) is 12.9. The zero-order valence-corrected chi connectivity index (χ0v) is 20.3. The topological polar surface area (TPSA) is 110 Å². The molecule has 3 heterocycles. The fourth-order valence-electron chi connectivity index (χ4n) is 3.50. The number of fused-ring (bicyclic) bond motifs is 1. The highest BCUT2D eigenvalue weighted by Crippen LogP contribution is 2.29. The fraction of sp³-hybridized carbons (Fsp3) is 0.409. The van der Waals surface area contributed by atoms with E-state index < -0.39 is 11.2 Å². The van der Waals surface area contributed by atoms with Gasteiger partial charge in [-0.3, -0.25) is 14.3 Å². The van der Waals surface area contributed by atoms with Gasteiger partial charge in [-0.15, -0.1) is 10.2 Å². The van der Waals surface area contributed by atoms with Crippen molar-refractivity contribution < 1.29 is 0 Å². The molecule has 0 atom stereocenters. The maximum Gasteiger partial charge on any atom is 0.330 e. The number of aromatic nitrogens is 6. The van der Waals surface area contributed by atoms with Gasteiger partial charge < -0.3 is 9.88 Å². The lowest BCUT2D eigenvalue weighted by Crippen LogP contribution is -2.31. The number of aryl methyl sites for hydroxylation is 1. The summed E-state index contributed by atoms with van der Waals surface area (Å²) in [6.07, 6.45) is 2.91. The molecule has 11 heteroatoms. The molecule has 0 bridgehead atoms. The Labute approximate surface area is 199 Å². The van der Waals surface area contributed by atoms with Gasteiger partial charge in [0.2, 0.25) is 5.13 Å². The third-order valence-corrected chi connectivity index (χ3v) is 7.15. The van der Waals surface area contributed by atoms with Crippen LogP contribution in [-0.2, 0) is 18.8 Å². The number of unbranched alkanes of at least 4 members (excludes halogenated alkanes) is 1. The van der Waals surface area contributed by atoms with Gasteiger partial charge in [-0.05, 0) is 18.4 Å². The van der Waals surface area contributed by atoms with Crippen LogP contribution in [0.1, 0.15) is 44.5 Å². The van der Waals surface area contributed by atoms with Crippen LogP contribution in [0.15, 0.2) is 44.3 Å². The van der Waals surface area contributed by atoms with Crippen LogP contribution in [0.2, 0.25) is 0 Å². The third kappa shape index (κ3) is 5.36. The van der Waals surface area contributed by atoms with E-state index in [9.17, 15) is 9.59 Å². The summed E-state index contributed by atoms with van der Waals surface area (Å²) in [5.74, 6) is 1.28. The van der Waals surface area contributed by atoms with E-state index in [1.807, 2.05) is 34.9 Å². The van der Waals surface area contributed by atoms with Gasteiger partial charge in [0.1, 0.15) is 5.82 Å². The van der Waals surface area contributed by atoms with Crippen molar-refractivity contribution in [1.29, 1.82) is 0 Å². The maximum atomic E-state index is 12.8. The molecule has 9 nitrogen and oxygen atoms in total. The molecule has 1 aromatic carbocycles. The largest absolute Gasteiger partial charge is 0.360 e. The highest BCUT2D eigenvalue weighted by Gasteiger charge is 2.19. The molecular weight excluding hydrogens is 458 g/mol. The summed E-state index contributed by atoms with van der Waals surface area (Å²) < 4.78 is 4.32. The molecular formula is C22H27N7O2S2. The minimum atomic E-state index is -0.452. The Morgan fingerprint density at radius 2 is 1.91 bits per heavy atom. The van der Waals surface area contributed by atoms with Gasteiger partial charge in [0, 0.05) is 13.1 Å². The molecule has 0 radical (unpaired) electrons. The van der Waals surface area contributed by atoms with Crippen molar-refractivity contribution in [2.24, 2.45) is 0 Å². The predicted octanol–water partition coefficient (Wildman–Crippen LogP) is 3.70. The molecule has 0 aliphatic heterocycles. The molecule has 0 aliphatic rings. The smallest absolute Gasteiger partial charge is 0.330 e. The van der Waals surface area contributed by atoms with Gasteiger partial charge in [-0.25, -0.2) is 9.78 Å². The lowest BCUT2D eigenvalue weighted by Gasteiger charge is -2.08. The first-order chi connectivity index (χ1) is 16.1. The number of rotatable bonds is 11. The van der Waals surface area contributed by atoms with Crippen molar-refractivity contribution in [1.82, 2.24) is 29.3 Å². The van der Waals surface area contributed by atoms with E-state index in [0.717, 1.165) is 46.7 Å². The number of hydrogen-bond acceptors (Lipinski definition) is 8. The summed E-state index contributed by atoms with van der Waals surface area (Å²) in [5.41, 5.74) is 0.972. The molecule has 0 saturated heterocycles. The molecule has 0 spiro atoms. The van der Waals surface area contributed by atoms with Gasteiger partial charge in [0.15, 0.2) is 15.5 Å². The van der Waals surface area contributed by atoms with Crippen LogP contribution >= 0.6 is 23.1 Å². The quantitative estimate of drug-likeness (QED) is 0.312. The number of H-pyrrole nitrogens is 1. The zero-order chi connectivity index (χ0) is 23.2. The van der Waals surface area contributed by atoms with Crippen molar-refractivity contribution in [3.8, 4) is 0 Å². The second-order valence-electron chi connectivity index (χ2n) is 7.63. The highest BCUT2D eigenvalue weighted by atomic mass is 32.2. The molecule has 4 aromatic rings. The van der Waals surface area contributed by atoms with E-state index in [0.29, 0.717) is 30.0 Å². The molecule has 0 amide bonds. The minimum Gasteiger partial charge on any atom is -0.360 e. The van der Waals surface area contributed by atoms with Crippen molar-refractivity contribution >= 4 is 39.4 Å². The van der Waals surface area contributed by atoms with Crippen LogP contribution < -0.4 is 16.6 Å². The number of aromatic amines is 1. The van der Waals surface area contributed by atoms with Crippen molar-refractivity contribution in [2.45, 2.75) is 56.3 Å². The van der Waals surface area contributed by atoms with Crippen LogP contribution in [0.3, 0.4) is 0 Å². The number of thioether (sulfide) groups is 1. The Bertz CT molecular complexity index is 1320. The molecule has 4 rings (SSSR count). The van der Waals surface area contributed by atoms with Crippen molar-refractivity contribution in [2.75, 3.05) is 11.9 Å². The number of hydrogen-bond donors (Lipinski definition) is 2. The number of nitrogens with zero attached hydrogens (tertiary/aromatic N) is 5. The van der Waals surface area contributed by atoms with Gasteiger partial charge in [-0.2, -0.15) is 0 Å². The molecule has 33 heavy (non-hydrogen) atoms. The molecule has 174 valence electrons. The Morgan fingerprint density at radius 3 is 2.67 bits per heavy atom. The second-order valence-corrected chi connectivity index (χ2v) is 9.83. The highest BCUT2D eigenvalue weighted by molar-refractivity contribution is 8.00. The van der Waals surface area contributed by atoms with E-state index in [-0.39, 0.29) is 0 Å². The number of imidazole rings is 1. The third-order valence-electron chi connectivity index (χ3n) is 5.14. The van der Waals surface area contributed by atoms with Crippen molar-refractivity contribution in [3.63, 3.8) is 0 Å². The first-order valence-electron chi connectivity index (χ1n) is 11.1. The molecule has 0 saturated carbocycles. The second kappa shape index (κ2) is 10.8. The van der Waals surface area contributed by atoms with E-state index in [1.54, 1.807) is 4.57 Å². The summed E-state index contributed by atoms with van der Waals surface area (Å²) in [6, 6.07) is 9.69. The summed E-state index contributed by atoms with van der Waals surface area (Å²) in [4.78, 5) is 32.8. The van der Waals surface area contributed by atoms with E-state index in [4.69, 9.17) is 4.98 Å². The number of benzene rings is 1. The van der Waals surface area contributed by atoms with Crippen LogP contribution in [-0.4, -0.2) is 35.8 Å². The standard InChI is InChI=1S/C22H27N7O2S2/c1-3-5-12-28-16(14-32-22-27-26-20(33-22)23-11-4-2)24-18-17(28)19(30)25-21(31)29(18)13-15-9-7-6-8-10-15/h6-10H,3-5,11-14H2,1-2H3,(H,23,26)(H,25,30,31). The maximum absolute atomic E-state index is 12.8. The van der Waals surface area contributed by atoms with Gasteiger partial charge in [0.05, 0.1) is 12.3 Å². The number of nitrogens with one attached hydrogen (secondary N) is 2. The number of anilines is 1. The lowest BCUT2D eigenvalue weighted by atomic mass is 10.2. The SMILES string of the molecule is CCCCn1c(CSc2nnc(NCCC)s2)nc2c1c(=O)[nH]c(=O)n2Cc1ccccc1. The Hall–Kier alpha value is -2.92. The minimum absolute atomic E-state index is 0.340. The molecule has 0 unspecified atom stereocenters. The van der Waals surface area contributed by atoms with Crippen LogP contribution in [0.4, 0.5) is 5.13 Å². The van der Waals surface area contributed by atoms with Crippen LogP contribution in [0, 0.1) is 0 Å². The monoisotopic (exact) mass is 485 g/mol. The van der Waals surface area contributed by atoms with Crippen molar-refractivity contribution in [3.05, 3.63) is 62.6 Å². The van der Waals surface area contributed by atoms with Gasteiger partial charge >= 0.3 is 5.69 Å². The predicted molar refractivity (Wildman–Crippen MR) is 133 cm³/mol. The Balaban J connectivity index is 1.70. The fourth-order valence-corrected chi connectivity index (χ4v) is 5.22. The molecule has 0 aliphatic carbocycles. The molecule has 2 N–H and O–H groups in total. The van der Waals surface area contributed by atoms with Gasteiger partial charge in [-0.1, -0.05) is 73.7 Å². The summed E-state index contributed by atoms with van der Waals surface area (Å²) in [7, 11) is 0. The first kappa shape index (κ1) is 23.2. The lowest BCUT2D eigenvalue weighted by molar-refractivity contribution is 0.626. The average molecular weight is 486 g/mol. The van der Waals surface area contributed by atoms with Crippen LogP contribution in [0.25, 0.3) is 11.2 Å². The normalized spacial score (nSPS) is 11.3. The van der Waals surface area contributed by atoms with E-state index in [2.05, 4.69) is 34.3 Å². The summed E-state index contributed by atoms with van der Waals surface area (Å²) in [5, 5.41) is 12.5. The van der Waals surface area contributed by atoms with E-state index in [1.165, 1.54) is 23.1 Å². The molecule has 3 aromatic heterocycles. The zero-order valence-electron chi connectivity index (χ0n) is 18.7. The summed E-state index contributed by atoms with van der Waals surface area (Å²) >= 11 is 3.04. The van der Waals surface area contributed by atoms with Crippen LogP contribution in [0.5, 0.6) is 0 Å². The summed E-state index contributed by atoms with van der Waals surface area (Å²) in [6.45, 7) is 6.06. The van der Waals surface area contributed by atoms with Gasteiger partial charge in [0.25, 0.3) is 5.56 Å². The Kier molecular flexibility index (Phi) is 7.61. The Morgan fingerprint density at radius 1 is 1.09 bits per heavy atom. The van der Waals surface area contributed by atoms with E-state index >= 15 is 0 Å².